The lowest BCUT2D eigenvalue weighted by molar-refractivity contribution is -0.384. The Labute approximate surface area is 134 Å². The number of amides is 1. The molecule has 120 valence electrons. The molecule has 6 heteroatoms. The molecule has 0 aromatic heterocycles. The van der Waals surface area contributed by atoms with Crippen molar-refractivity contribution in [1.82, 2.24) is 0 Å². The molecule has 0 radical (unpaired) electrons. The predicted molar refractivity (Wildman–Crippen MR) is 87.7 cm³/mol. The summed E-state index contributed by atoms with van der Waals surface area (Å²) in [5, 5.41) is 13.6. The first-order chi connectivity index (χ1) is 10.9. The first kappa shape index (κ1) is 16.5. The van der Waals surface area contributed by atoms with Crippen LogP contribution < -0.4 is 10.1 Å². The molecule has 0 aliphatic carbocycles. The van der Waals surface area contributed by atoms with Crippen molar-refractivity contribution in [3.63, 3.8) is 0 Å². The highest BCUT2D eigenvalue weighted by molar-refractivity contribution is 5.96. The van der Waals surface area contributed by atoms with Crippen molar-refractivity contribution < 1.29 is 14.5 Å². The summed E-state index contributed by atoms with van der Waals surface area (Å²) in [7, 11) is 0. The largest absolute Gasteiger partial charge is 0.481 e. The summed E-state index contributed by atoms with van der Waals surface area (Å²) in [4.78, 5) is 22.7. The van der Waals surface area contributed by atoms with Crippen molar-refractivity contribution in [3.05, 3.63) is 63.7 Å². The highest BCUT2D eigenvalue weighted by atomic mass is 16.6. The quantitative estimate of drug-likeness (QED) is 0.675. The SMILES string of the molecule is Cc1ccc(O[C@H](C)C(=O)Nc2ccc(C)cc2[N+](=O)[O-])cc1. The van der Waals surface area contributed by atoms with Gasteiger partial charge in [-0.15, -0.1) is 0 Å². The van der Waals surface area contributed by atoms with Gasteiger partial charge >= 0.3 is 0 Å². The molecule has 1 N–H and O–H groups in total. The monoisotopic (exact) mass is 314 g/mol. The zero-order chi connectivity index (χ0) is 17.0. The molecule has 0 fully saturated rings. The molecule has 0 aliphatic heterocycles. The van der Waals surface area contributed by atoms with Crippen LogP contribution in [0.2, 0.25) is 0 Å². The van der Waals surface area contributed by atoms with Crippen molar-refractivity contribution in [3.8, 4) is 5.75 Å². The smallest absolute Gasteiger partial charge is 0.293 e. The second-order valence-electron chi connectivity index (χ2n) is 5.34. The molecule has 2 aromatic carbocycles. The standard InChI is InChI=1S/C17H18N2O4/c1-11-4-7-14(8-5-11)23-13(3)17(20)18-15-9-6-12(2)10-16(15)19(21)22/h4-10,13H,1-3H3,(H,18,20)/t13-/m1/s1. The number of benzene rings is 2. The maximum absolute atomic E-state index is 12.2. The highest BCUT2D eigenvalue weighted by Crippen LogP contribution is 2.25. The molecule has 0 bridgehead atoms. The number of aryl methyl sites for hydroxylation is 2. The van der Waals surface area contributed by atoms with Gasteiger partial charge < -0.3 is 10.1 Å². The number of carbonyl (C=O) groups excluding carboxylic acids is 1. The maximum Gasteiger partial charge on any atom is 0.293 e. The summed E-state index contributed by atoms with van der Waals surface area (Å²) >= 11 is 0. The number of nitrogens with one attached hydrogen (secondary N) is 1. The molecule has 0 spiro atoms. The third-order valence-corrected chi connectivity index (χ3v) is 3.31. The number of nitrogens with zero attached hydrogens (tertiary/aromatic N) is 1. The fourth-order valence-electron chi connectivity index (χ4n) is 2.01. The fraction of sp³-hybridized carbons (Fsp3) is 0.235. The number of nitro benzene ring substituents is 1. The first-order valence-electron chi connectivity index (χ1n) is 7.16. The molecule has 0 saturated heterocycles. The van der Waals surface area contributed by atoms with Crippen LogP contribution in [0.5, 0.6) is 5.75 Å². The molecule has 1 atom stereocenters. The van der Waals surface area contributed by atoms with Gasteiger partial charge in [0.2, 0.25) is 0 Å². The van der Waals surface area contributed by atoms with Crippen LogP contribution >= 0.6 is 0 Å². The van der Waals surface area contributed by atoms with Gasteiger partial charge in [0.1, 0.15) is 11.4 Å². The molecule has 2 aromatic rings. The molecule has 2 rings (SSSR count). The van der Waals surface area contributed by atoms with E-state index in [4.69, 9.17) is 4.74 Å². The van der Waals surface area contributed by atoms with E-state index in [1.54, 1.807) is 32.0 Å². The Kier molecular flexibility index (Phi) is 4.95. The van der Waals surface area contributed by atoms with Gasteiger partial charge in [-0.2, -0.15) is 0 Å². The van der Waals surface area contributed by atoms with Crippen molar-refractivity contribution in [2.45, 2.75) is 26.9 Å². The molecule has 1 amide bonds. The number of carbonyl (C=O) groups is 1. The molecule has 6 nitrogen and oxygen atoms in total. The average molecular weight is 314 g/mol. The van der Waals surface area contributed by atoms with E-state index in [2.05, 4.69) is 5.32 Å². The molecule has 0 aliphatic rings. The van der Waals surface area contributed by atoms with E-state index >= 15 is 0 Å². The van der Waals surface area contributed by atoms with Crippen LogP contribution in [0, 0.1) is 24.0 Å². The van der Waals surface area contributed by atoms with Gasteiger partial charge in [-0.05, 0) is 44.5 Å². The summed E-state index contributed by atoms with van der Waals surface area (Å²) in [6, 6.07) is 11.9. The molecular formula is C17H18N2O4. The average Bonchev–Trinajstić information content (AvgIpc) is 2.51. The number of nitro groups is 1. The summed E-state index contributed by atoms with van der Waals surface area (Å²) in [6.45, 7) is 5.30. The molecular weight excluding hydrogens is 296 g/mol. The van der Waals surface area contributed by atoms with Gasteiger partial charge in [0.25, 0.3) is 11.6 Å². The predicted octanol–water partition coefficient (Wildman–Crippen LogP) is 3.62. The van der Waals surface area contributed by atoms with Crippen molar-refractivity contribution in [2.24, 2.45) is 0 Å². The summed E-state index contributed by atoms with van der Waals surface area (Å²) in [5.41, 5.74) is 1.86. The molecule has 23 heavy (non-hydrogen) atoms. The minimum absolute atomic E-state index is 0.138. The van der Waals surface area contributed by atoms with Gasteiger partial charge in [0, 0.05) is 6.07 Å². The van der Waals surface area contributed by atoms with Crippen LogP contribution in [-0.4, -0.2) is 16.9 Å². The van der Waals surface area contributed by atoms with Gasteiger partial charge in [0.15, 0.2) is 6.10 Å². The van der Waals surface area contributed by atoms with Crippen LogP contribution in [0.3, 0.4) is 0 Å². The van der Waals surface area contributed by atoms with Gasteiger partial charge in [-0.25, -0.2) is 0 Å². The maximum atomic E-state index is 12.2. The van der Waals surface area contributed by atoms with Crippen molar-refractivity contribution >= 4 is 17.3 Å². The lowest BCUT2D eigenvalue weighted by atomic mass is 10.2. The van der Waals surface area contributed by atoms with Gasteiger partial charge in [-0.3, -0.25) is 14.9 Å². The van der Waals surface area contributed by atoms with Crippen LogP contribution in [0.15, 0.2) is 42.5 Å². The summed E-state index contributed by atoms with van der Waals surface area (Å²) < 4.78 is 5.55. The third kappa shape index (κ3) is 4.29. The van der Waals surface area contributed by atoms with Crippen LogP contribution in [-0.2, 0) is 4.79 Å². The second kappa shape index (κ2) is 6.91. The van der Waals surface area contributed by atoms with E-state index in [0.29, 0.717) is 5.75 Å². The Morgan fingerprint density at radius 2 is 1.74 bits per heavy atom. The zero-order valence-corrected chi connectivity index (χ0v) is 13.2. The van der Waals surface area contributed by atoms with E-state index in [1.807, 2.05) is 19.1 Å². The van der Waals surface area contributed by atoms with Crippen molar-refractivity contribution in [2.75, 3.05) is 5.32 Å². The van der Waals surface area contributed by atoms with Gasteiger partial charge in [0.05, 0.1) is 4.92 Å². The summed E-state index contributed by atoms with van der Waals surface area (Å²) in [6.07, 6.45) is -0.779. The first-order valence-corrected chi connectivity index (χ1v) is 7.16. The number of hydrogen-bond acceptors (Lipinski definition) is 4. The van der Waals surface area contributed by atoms with Gasteiger partial charge in [-0.1, -0.05) is 23.8 Å². The Morgan fingerprint density at radius 1 is 1.13 bits per heavy atom. The van der Waals surface area contributed by atoms with Crippen LogP contribution in [0.4, 0.5) is 11.4 Å². The number of rotatable bonds is 5. The topological polar surface area (TPSA) is 81.5 Å². The van der Waals surface area contributed by atoms with E-state index < -0.39 is 16.9 Å². The normalized spacial score (nSPS) is 11.6. The third-order valence-electron chi connectivity index (χ3n) is 3.31. The Hall–Kier alpha value is -2.89. The van der Waals surface area contributed by atoms with E-state index in [9.17, 15) is 14.9 Å². The summed E-state index contributed by atoms with van der Waals surface area (Å²) in [5.74, 6) is 0.120. The lowest BCUT2D eigenvalue weighted by Gasteiger charge is -2.15. The Morgan fingerprint density at radius 3 is 2.35 bits per heavy atom. The van der Waals surface area contributed by atoms with Crippen molar-refractivity contribution in [1.29, 1.82) is 0 Å². The lowest BCUT2D eigenvalue weighted by Crippen LogP contribution is -2.30. The zero-order valence-electron chi connectivity index (χ0n) is 13.2. The van der Waals surface area contributed by atoms with E-state index in [0.717, 1.165) is 11.1 Å². The van der Waals surface area contributed by atoms with E-state index in [1.165, 1.54) is 12.1 Å². The number of ether oxygens (including phenoxy) is 1. The minimum atomic E-state index is -0.779. The number of anilines is 1. The number of hydrogen-bond donors (Lipinski definition) is 1. The molecule has 0 saturated carbocycles. The molecule has 0 heterocycles. The Bertz CT molecular complexity index is 726. The second-order valence-corrected chi connectivity index (χ2v) is 5.34. The van der Waals surface area contributed by atoms with Crippen LogP contribution in [0.1, 0.15) is 18.1 Å². The fourth-order valence-corrected chi connectivity index (χ4v) is 2.01. The Balaban J connectivity index is 2.09. The van der Waals surface area contributed by atoms with Crippen LogP contribution in [0.25, 0.3) is 0 Å². The molecule has 0 unspecified atom stereocenters. The highest BCUT2D eigenvalue weighted by Gasteiger charge is 2.20. The van der Waals surface area contributed by atoms with E-state index in [-0.39, 0.29) is 11.4 Å². The minimum Gasteiger partial charge on any atom is -0.481 e.